The van der Waals surface area contributed by atoms with Gasteiger partial charge in [-0.2, -0.15) is 4.98 Å². The molecule has 6 nitrogen and oxygen atoms in total. The van der Waals surface area contributed by atoms with Crippen LogP contribution in [0, 0.1) is 6.92 Å². The second kappa shape index (κ2) is 7.53. The maximum Gasteiger partial charge on any atom is 0.221 e. The summed E-state index contributed by atoms with van der Waals surface area (Å²) in [7, 11) is -3.39. The number of sulfone groups is 1. The van der Waals surface area contributed by atoms with Gasteiger partial charge in [0.1, 0.15) is 5.82 Å². The van der Waals surface area contributed by atoms with Crippen LogP contribution in [0.1, 0.15) is 11.1 Å². The monoisotopic (exact) mass is 368 g/mol. The maximum absolute atomic E-state index is 12.7. The van der Waals surface area contributed by atoms with Crippen LogP contribution in [-0.2, 0) is 16.3 Å². The summed E-state index contributed by atoms with van der Waals surface area (Å²) in [6.45, 7) is 1.99. The summed E-state index contributed by atoms with van der Waals surface area (Å²) in [4.78, 5) is 8.15. The average Bonchev–Trinajstić information content (AvgIpc) is 2.60. The molecule has 0 fully saturated rings. The molecule has 0 radical (unpaired) electrons. The van der Waals surface area contributed by atoms with Gasteiger partial charge in [0.05, 0.1) is 10.6 Å². The van der Waals surface area contributed by atoms with Crippen molar-refractivity contribution in [3.05, 3.63) is 71.9 Å². The second-order valence-electron chi connectivity index (χ2n) is 6.01. The van der Waals surface area contributed by atoms with Gasteiger partial charge in [0.15, 0.2) is 9.84 Å². The lowest BCUT2D eigenvalue weighted by molar-refractivity contribution is 0.595. The van der Waals surface area contributed by atoms with Crippen LogP contribution >= 0.6 is 0 Å². The van der Waals surface area contributed by atoms with E-state index in [1.807, 2.05) is 31.2 Å². The summed E-state index contributed by atoms with van der Waals surface area (Å²) in [5.74, 6) is 0.712. The van der Waals surface area contributed by atoms with Crippen molar-refractivity contribution >= 4 is 27.3 Å². The normalized spacial score (nSPS) is 11.3. The van der Waals surface area contributed by atoms with Gasteiger partial charge in [-0.25, -0.2) is 13.4 Å². The third kappa shape index (κ3) is 4.58. The minimum Gasteiger partial charge on any atom is -0.368 e. The van der Waals surface area contributed by atoms with Crippen molar-refractivity contribution in [3.63, 3.8) is 0 Å². The first kappa shape index (κ1) is 17.9. The second-order valence-corrected chi connectivity index (χ2v) is 8.12. The standard InChI is InChI=1S/C19H20N4O2S/c1-14-4-2-5-15(12-14)9-11-26(24,25)17-7-3-6-16(13-17)22-18-8-10-21-19(20)23-18/h2-8,10,12-13H,9,11H2,1H3,(H3,20,21,22,23). The molecule has 0 atom stereocenters. The third-order valence-corrected chi connectivity index (χ3v) is 5.60. The van der Waals surface area contributed by atoms with Gasteiger partial charge in [-0.3, -0.25) is 0 Å². The number of aromatic nitrogens is 2. The van der Waals surface area contributed by atoms with Gasteiger partial charge in [0, 0.05) is 11.9 Å². The topological polar surface area (TPSA) is 98.0 Å². The van der Waals surface area contributed by atoms with Crippen LogP contribution in [0.4, 0.5) is 17.5 Å². The van der Waals surface area contributed by atoms with Crippen LogP contribution in [0.5, 0.6) is 0 Å². The van der Waals surface area contributed by atoms with Crippen LogP contribution in [0.3, 0.4) is 0 Å². The Balaban J connectivity index is 1.75. The van der Waals surface area contributed by atoms with E-state index in [-0.39, 0.29) is 16.6 Å². The zero-order chi connectivity index (χ0) is 18.6. The van der Waals surface area contributed by atoms with E-state index < -0.39 is 9.84 Å². The van der Waals surface area contributed by atoms with Crippen molar-refractivity contribution in [2.24, 2.45) is 0 Å². The van der Waals surface area contributed by atoms with Crippen molar-refractivity contribution in [1.82, 2.24) is 9.97 Å². The molecule has 0 aliphatic rings. The van der Waals surface area contributed by atoms with Crippen molar-refractivity contribution in [3.8, 4) is 0 Å². The third-order valence-electron chi connectivity index (χ3n) is 3.88. The summed E-state index contributed by atoms with van der Waals surface area (Å²) < 4.78 is 25.4. The number of nitrogens with one attached hydrogen (secondary N) is 1. The van der Waals surface area contributed by atoms with Gasteiger partial charge in [-0.1, -0.05) is 35.9 Å². The van der Waals surface area contributed by atoms with E-state index in [1.165, 1.54) is 6.20 Å². The summed E-state index contributed by atoms with van der Waals surface area (Å²) >= 11 is 0. The Hall–Kier alpha value is -2.93. The number of rotatable bonds is 6. The molecule has 7 heteroatoms. The molecule has 134 valence electrons. The maximum atomic E-state index is 12.7. The molecule has 1 aromatic heterocycles. The molecule has 0 spiro atoms. The SMILES string of the molecule is Cc1cccc(CCS(=O)(=O)c2cccc(Nc3ccnc(N)n3)c2)c1. The Kier molecular flexibility index (Phi) is 5.18. The van der Waals surface area contributed by atoms with Gasteiger partial charge < -0.3 is 11.1 Å². The van der Waals surface area contributed by atoms with E-state index in [1.54, 1.807) is 30.3 Å². The Morgan fingerprint density at radius 2 is 1.88 bits per heavy atom. The number of nitrogen functional groups attached to an aromatic ring is 1. The average molecular weight is 368 g/mol. The van der Waals surface area contributed by atoms with Gasteiger partial charge in [0.2, 0.25) is 5.95 Å². The molecule has 0 bridgehead atoms. The quantitative estimate of drug-likeness (QED) is 0.694. The number of anilines is 3. The lowest BCUT2D eigenvalue weighted by Gasteiger charge is -2.09. The molecule has 0 amide bonds. The van der Waals surface area contributed by atoms with Gasteiger partial charge in [0.25, 0.3) is 0 Å². The number of hydrogen-bond donors (Lipinski definition) is 2. The number of nitrogens with zero attached hydrogens (tertiary/aromatic N) is 2. The molecule has 0 unspecified atom stereocenters. The minimum atomic E-state index is -3.39. The fourth-order valence-corrected chi connectivity index (χ4v) is 3.93. The molecule has 0 saturated carbocycles. The molecule has 3 rings (SSSR count). The summed E-state index contributed by atoms with van der Waals surface area (Å²) in [5.41, 5.74) is 8.32. The van der Waals surface area contributed by atoms with E-state index >= 15 is 0 Å². The Labute approximate surface area is 153 Å². The molecule has 3 aromatic rings. The van der Waals surface area contributed by atoms with E-state index in [2.05, 4.69) is 15.3 Å². The highest BCUT2D eigenvalue weighted by atomic mass is 32.2. The van der Waals surface area contributed by atoms with E-state index in [4.69, 9.17) is 5.73 Å². The first-order valence-electron chi connectivity index (χ1n) is 8.16. The molecule has 3 N–H and O–H groups in total. The predicted octanol–water partition coefficient (Wildman–Crippen LogP) is 3.13. The molecular weight excluding hydrogens is 348 g/mol. The molecule has 0 saturated heterocycles. The lowest BCUT2D eigenvalue weighted by atomic mass is 10.1. The minimum absolute atomic E-state index is 0.0559. The zero-order valence-electron chi connectivity index (χ0n) is 14.4. The number of aryl methyl sites for hydroxylation is 2. The fraction of sp³-hybridized carbons (Fsp3) is 0.158. The highest BCUT2D eigenvalue weighted by molar-refractivity contribution is 7.91. The van der Waals surface area contributed by atoms with E-state index in [0.717, 1.165) is 11.1 Å². The van der Waals surface area contributed by atoms with Gasteiger partial charge in [-0.15, -0.1) is 0 Å². The van der Waals surface area contributed by atoms with Gasteiger partial charge >= 0.3 is 0 Å². The summed E-state index contributed by atoms with van der Waals surface area (Å²) in [6.07, 6.45) is 2.01. The highest BCUT2D eigenvalue weighted by Crippen LogP contribution is 2.21. The predicted molar refractivity (Wildman–Crippen MR) is 103 cm³/mol. The highest BCUT2D eigenvalue weighted by Gasteiger charge is 2.15. The van der Waals surface area contributed by atoms with Crippen LogP contribution in [0.15, 0.2) is 65.7 Å². The molecule has 2 aromatic carbocycles. The van der Waals surface area contributed by atoms with Crippen LogP contribution in [-0.4, -0.2) is 24.1 Å². The van der Waals surface area contributed by atoms with Crippen LogP contribution in [0.2, 0.25) is 0 Å². The van der Waals surface area contributed by atoms with Crippen LogP contribution < -0.4 is 11.1 Å². The van der Waals surface area contributed by atoms with E-state index in [9.17, 15) is 8.42 Å². The number of benzene rings is 2. The molecular formula is C19H20N4O2S. The molecule has 0 aliphatic carbocycles. The van der Waals surface area contributed by atoms with Crippen LogP contribution in [0.25, 0.3) is 0 Å². The largest absolute Gasteiger partial charge is 0.368 e. The zero-order valence-corrected chi connectivity index (χ0v) is 15.2. The van der Waals surface area contributed by atoms with Gasteiger partial charge in [-0.05, 0) is 43.2 Å². The Morgan fingerprint density at radius 1 is 1.08 bits per heavy atom. The molecule has 1 heterocycles. The number of nitrogens with two attached hydrogens (primary N) is 1. The first-order valence-corrected chi connectivity index (χ1v) is 9.81. The lowest BCUT2D eigenvalue weighted by Crippen LogP contribution is -2.10. The molecule has 26 heavy (non-hydrogen) atoms. The Bertz CT molecular complexity index is 1020. The van der Waals surface area contributed by atoms with E-state index in [0.29, 0.717) is 17.9 Å². The van der Waals surface area contributed by atoms with Crippen molar-refractivity contribution in [1.29, 1.82) is 0 Å². The smallest absolute Gasteiger partial charge is 0.221 e. The van der Waals surface area contributed by atoms with Crippen molar-refractivity contribution in [2.45, 2.75) is 18.2 Å². The molecule has 0 aliphatic heterocycles. The summed E-state index contributed by atoms with van der Waals surface area (Å²) in [6, 6.07) is 16.2. The van der Waals surface area contributed by atoms with Crippen molar-refractivity contribution in [2.75, 3.05) is 16.8 Å². The summed E-state index contributed by atoms with van der Waals surface area (Å²) in [5, 5.41) is 3.04. The van der Waals surface area contributed by atoms with Crippen molar-refractivity contribution < 1.29 is 8.42 Å². The fourth-order valence-electron chi connectivity index (χ4n) is 2.60. The first-order chi connectivity index (χ1) is 12.4. The number of hydrogen-bond acceptors (Lipinski definition) is 6. The Morgan fingerprint density at radius 3 is 2.65 bits per heavy atom.